The highest BCUT2D eigenvalue weighted by atomic mass is 19.4. The van der Waals surface area contributed by atoms with Gasteiger partial charge in [0, 0.05) is 6.54 Å². The van der Waals surface area contributed by atoms with E-state index < -0.39 is 12.7 Å². The summed E-state index contributed by atoms with van der Waals surface area (Å²) >= 11 is 0. The number of nitrogens with zero attached hydrogens (tertiary/aromatic N) is 1. The van der Waals surface area contributed by atoms with Gasteiger partial charge in [0.15, 0.2) is 0 Å². The summed E-state index contributed by atoms with van der Waals surface area (Å²) in [7, 11) is 0. The van der Waals surface area contributed by atoms with Crippen LogP contribution in [0.25, 0.3) is 0 Å². The maximum absolute atomic E-state index is 12.2. The molecule has 0 amide bonds. The third kappa shape index (κ3) is 7.93. The van der Waals surface area contributed by atoms with Crippen molar-refractivity contribution >= 4 is 0 Å². The van der Waals surface area contributed by atoms with Gasteiger partial charge < -0.3 is 5.73 Å². The highest BCUT2D eigenvalue weighted by Crippen LogP contribution is 2.18. The first kappa shape index (κ1) is 15.7. The van der Waals surface area contributed by atoms with Crippen LogP contribution in [0.3, 0.4) is 0 Å². The first-order chi connectivity index (χ1) is 7.28. The Hall–Kier alpha value is -0.290. The molecule has 98 valence electrons. The van der Waals surface area contributed by atoms with E-state index in [1.165, 1.54) is 4.90 Å². The molecule has 0 saturated carbocycles. The fraction of sp³-hybridized carbons (Fsp3) is 1.00. The molecule has 0 spiro atoms. The number of nitrogens with two attached hydrogens (primary N) is 1. The van der Waals surface area contributed by atoms with Crippen molar-refractivity contribution in [3.05, 3.63) is 0 Å². The molecule has 5 heteroatoms. The standard InChI is InChI=1S/C11H23F3N2/c1-4-16(8-11(12,13)14)7-10(6-15)5-9(2)3/h9-10H,4-8,15H2,1-3H3. The number of hydrogen-bond acceptors (Lipinski definition) is 2. The molecule has 0 heterocycles. The van der Waals surface area contributed by atoms with Crippen molar-refractivity contribution in [3.8, 4) is 0 Å². The normalized spacial score (nSPS) is 14.8. The minimum absolute atomic E-state index is 0.155. The van der Waals surface area contributed by atoms with Gasteiger partial charge in [-0.25, -0.2) is 0 Å². The van der Waals surface area contributed by atoms with Gasteiger partial charge in [0.25, 0.3) is 0 Å². The molecular formula is C11H23F3N2. The van der Waals surface area contributed by atoms with Crippen LogP contribution >= 0.6 is 0 Å². The lowest BCUT2D eigenvalue weighted by Crippen LogP contribution is -2.39. The van der Waals surface area contributed by atoms with Crippen molar-refractivity contribution in [1.29, 1.82) is 0 Å². The Balaban J connectivity index is 4.17. The second kappa shape index (κ2) is 7.12. The zero-order chi connectivity index (χ0) is 12.8. The van der Waals surface area contributed by atoms with Gasteiger partial charge in [-0.15, -0.1) is 0 Å². The summed E-state index contributed by atoms with van der Waals surface area (Å²) in [5.41, 5.74) is 5.58. The van der Waals surface area contributed by atoms with Crippen LogP contribution in [-0.2, 0) is 0 Å². The third-order valence-corrected chi connectivity index (χ3v) is 2.50. The molecule has 16 heavy (non-hydrogen) atoms. The Morgan fingerprint density at radius 2 is 1.81 bits per heavy atom. The highest BCUT2D eigenvalue weighted by molar-refractivity contribution is 4.70. The predicted octanol–water partition coefficient (Wildman–Crippen LogP) is 2.49. The SMILES string of the molecule is CCN(CC(CN)CC(C)C)CC(F)(F)F. The van der Waals surface area contributed by atoms with E-state index in [9.17, 15) is 13.2 Å². The molecule has 0 rings (SSSR count). The minimum Gasteiger partial charge on any atom is -0.330 e. The average Bonchev–Trinajstić information content (AvgIpc) is 2.12. The summed E-state index contributed by atoms with van der Waals surface area (Å²) in [4.78, 5) is 1.42. The molecule has 0 fully saturated rings. The first-order valence-electron chi connectivity index (χ1n) is 5.77. The lowest BCUT2D eigenvalue weighted by Gasteiger charge is -2.27. The number of hydrogen-bond donors (Lipinski definition) is 1. The van der Waals surface area contributed by atoms with Crippen LogP contribution in [0.2, 0.25) is 0 Å². The summed E-state index contributed by atoms with van der Waals surface area (Å²) in [6.07, 6.45) is -3.24. The maximum atomic E-state index is 12.2. The zero-order valence-corrected chi connectivity index (χ0v) is 10.3. The number of rotatable bonds is 7. The second-order valence-electron chi connectivity index (χ2n) is 4.67. The summed E-state index contributed by atoms with van der Waals surface area (Å²) < 4.78 is 36.7. The largest absolute Gasteiger partial charge is 0.401 e. The maximum Gasteiger partial charge on any atom is 0.401 e. The smallest absolute Gasteiger partial charge is 0.330 e. The second-order valence-corrected chi connectivity index (χ2v) is 4.67. The molecule has 1 unspecified atom stereocenters. The van der Waals surface area contributed by atoms with Crippen molar-refractivity contribution in [2.45, 2.75) is 33.4 Å². The van der Waals surface area contributed by atoms with Crippen LogP contribution in [0.4, 0.5) is 13.2 Å². The lowest BCUT2D eigenvalue weighted by molar-refractivity contribution is -0.146. The molecule has 2 nitrogen and oxygen atoms in total. The molecule has 0 aliphatic carbocycles. The zero-order valence-electron chi connectivity index (χ0n) is 10.3. The van der Waals surface area contributed by atoms with Gasteiger partial charge in [0.2, 0.25) is 0 Å². The van der Waals surface area contributed by atoms with Crippen molar-refractivity contribution in [3.63, 3.8) is 0 Å². The van der Waals surface area contributed by atoms with Crippen LogP contribution in [0.1, 0.15) is 27.2 Å². The van der Waals surface area contributed by atoms with E-state index in [4.69, 9.17) is 5.73 Å². The summed E-state index contributed by atoms with van der Waals surface area (Å²) in [6.45, 7) is 6.32. The first-order valence-corrected chi connectivity index (χ1v) is 5.77. The molecule has 2 N–H and O–H groups in total. The van der Waals surface area contributed by atoms with Crippen molar-refractivity contribution < 1.29 is 13.2 Å². The topological polar surface area (TPSA) is 29.3 Å². The summed E-state index contributed by atoms with van der Waals surface area (Å²) in [6, 6.07) is 0. The summed E-state index contributed by atoms with van der Waals surface area (Å²) in [5.74, 6) is 0.625. The molecule has 0 aromatic carbocycles. The quantitative estimate of drug-likeness (QED) is 0.740. The van der Waals surface area contributed by atoms with Crippen LogP contribution in [0, 0.1) is 11.8 Å². The molecule has 0 aliphatic rings. The van der Waals surface area contributed by atoms with E-state index in [-0.39, 0.29) is 5.92 Å². The highest BCUT2D eigenvalue weighted by Gasteiger charge is 2.30. The third-order valence-electron chi connectivity index (χ3n) is 2.50. The molecule has 0 saturated heterocycles. The van der Waals surface area contributed by atoms with Crippen LogP contribution in [0.15, 0.2) is 0 Å². The van der Waals surface area contributed by atoms with Crippen molar-refractivity contribution in [2.75, 3.05) is 26.2 Å². The Morgan fingerprint density at radius 3 is 2.12 bits per heavy atom. The van der Waals surface area contributed by atoms with E-state index in [0.717, 1.165) is 6.42 Å². The predicted molar refractivity (Wildman–Crippen MR) is 60.2 cm³/mol. The van der Waals surface area contributed by atoms with E-state index in [2.05, 4.69) is 13.8 Å². The summed E-state index contributed by atoms with van der Waals surface area (Å²) in [5, 5.41) is 0. The monoisotopic (exact) mass is 240 g/mol. The van der Waals surface area contributed by atoms with Gasteiger partial charge in [0.1, 0.15) is 0 Å². The van der Waals surface area contributed by atoms with E-state index in [1.54, 1.807) is 6.92 Å². The van der Waals surface area contributed by atoms with Crippen LogP contribution < -0.4 is 5.73 Å². The van der Waals surface area contributed by atoms with Crippen LogP contribution in [0.5, 0.6) is 0 Å². The average molecular weight is 240 g/mol. The van der Waals surface area contributed by atoms with Gasteiger partial charge in [0.05, 0.1) is 6.54 Å². The molecule has 0 aromatic heterocycles. The lowest BCUT2D eigenvalue weighted by atomic mass is 9.96. The fourth-order valence-corrected chi connectivity index (χ4v) is 1.84. The van der Waals surface area contributed by atoms with Gasteiger partial charge in [-0.1, -0.05) is 20.8 Å². The van der Waals surface area contributed by atoms with Crippen molar-refractivity contribution in [1.82, 2.24) is 4.90 Å². The molecular weight excluding hydrogens is 217 g/mol. The van der Waals surface area contributed by atoms with Gasteiger partial charge in [-0.3, -0.25) is 4.90 Å². The van der Waals surface area contributed by atoms with E-state index in [0.29, 0.717) is 25.6 Å². The molecule has 0 bridgehead atoms. The van der Waals surface area contributed by atoms with E-state index in [1.807, 2.05) is 0 Å². The molecule has 0 aliphatic heterocycles. The Morgan fingerprint density at radius 1 is 1.25 bits per heavy atom. The molecule has 0 radical (unpaired) electrons. The number of alkyl halides is 3. The minimum atomic E-state index is -4.12. The van der Waals surface area contributed by atoms with E-state index >= 15 is 0 Å². The van der Waals surface area contributed by atoms with Gasteiger partial charge in [-0.05, 0) is 31.3 Å². The van der Waals surface area contributed by atoms with Gasteiger partial charge >= 0.3 is 6.18 Å². The molecule has 0 aromatic rings. The fourth-order valence-electron chi connectivity index (χ4n) is 1.84. The Kier molecular flexibility index (Phi) is 6.99. The van der Waals surface area contributed by atoms with Crippen LogP contribution in [-0.4, -0.2) is 37.3 Å². The number of halogens is 3. The van der Waals surface area contributed by atoms with Gasteiger partial charge in [-0.2, -0.15) is 13.2 Å². The molecule has 1 atom stereocenters. The Bertz CT molecular complexity index is 181. The Labute approximate surface area is 96.0 Å². The van der Waals surface area contributed by atoms with Crippen molar-refractivity contribution in [2.24, 2.45) is 17.6 Å².